The largest absolute Gasteiger partial charge is 0.460 e. The van der Waals surface area contributed by atoms with Crippen molar-refractivity contribution < 1.29 is 9.53 Å². The average molecular weight is 319 g/mol. The van der Waals surface area contributed by atoms with E-state index in [0.29, 0.717) is 6.61 Å². The number of hydrogen-bond acceptors (Lipinski definition) is 2. The summed E-state index contributed by atoms with van der Waals surface area (Å²) in [6, 6.07) is 17.5. The lowest BCUT2D eigenvalue weighted by Gasteiger charge is -2.11. The summed E-state index contributed by atoms with van der Waals surface area (Å²) in [5, 5.41) is 0. The standard InChI is InChI=1S/C16H15BrO2/c1-12-6-5-9-14(10-12)15(17)16(18)19-11-13-7-3-2-4-8-13/h2-10,15H,11H2,1H3. The molecule has 2 nitrogen and oxygen atoms in total. The maximum atomic E-state index is 12.0. The number of carbonyl (C=O) groups excluding carboxylic acids is 1. The topological polar surface area (TPSA) is 26.3 Å². The van der Waals surface area contributed by atoms with Crippen LogP contribution in [0.5, 0.6) is 0 Å². The fourth-order valence-corrected chi connectivity index (χ4v) is 2.18. The smallest absolute Gasteiger partial charge is 0.324 e. The molecule has 3 heteroatoms. The van der Waals surface area contributed by atoms with Gasteiger partial charge in [-0.25, -0.2) is 0 Å². The lowest BCUT2D eigenvalue weighted by atomic mass is 10.1. The van der Waals surface area contributed by atoms with Crippen molar-refractivity contribution in [1.82, 2.24) is 0 Å². The molecule has 98 valence electrons. The van der Waals surface area contributed by atoms with E-state index in [1.807, 2.05) is 61.5 Å². The third kappa shape index (κ3) is 3.93. The molecule has 0 saturated heterocycles. The predicted octanol–water partition coefficient (Wildman–Crippen LogP) is 4.17. The first kappa shape index (κ1) is 13.8. The Morgan fingerprint density at radius 3 is 2.58 bits per heavy atom. The van der Waals surface area contributed by atoms with Crippen LogP contribution in [0.15, 0.2) is 54.6 Å². The Morgan fingerprint density at radius 1 is 1.16 bits per heavy atom. The van der Waals surface area contributed by atoms with Gasteiger partial charge < -0.3 is 4.74 Å². The van der Waals surface area contributed by atoms with Crippen LogP contribution in [0.1, 0.15) is 21.5 Å². The molecule has 19 heavy (non-hydrogen) atoms. The summed E-state index contributed by atoms with van der Waals surface area (Å²) in [6.45, 7) is 2.30. The number of ether oxygens (including phenoxy) is 1. The Hall–Kier alpha value is -1.61. The number of carbonyl (C=O) groups is 1. The summed E-state index contributed by atoms with van der Waals surface area (Å²) < 4.78 is 5.30. The van der Waals surface area contributed by atoms with Crippen molar-refractivity contribution >= 4 is 21.9 Å². The van der Waals surface area contributed by atoms with Gasteiger partial charge in [0.05, 0.1) is 0 Å². The predicted molar refractivity (Wildman–Crippen MR) is 79.1 cm³/mol. The monoisotopic (exact) mass is 318 g/mol. The van der Waals surface area contributed by atoms with E-state index in [2.05, 4.69) is 15.9 Å². The molecule has 0 aliphatic carbocycles. The molecule has 0 spiro atoms. The highest BCUT2D eigenvalue weighted by Crippen LogP contribution is 2.25. The fourth-order valence-electron chi connectivity index (χ4n) is 1.77. The molecule has 2 aromatic rings. The van der Waals surface area contributed by atoms with Crippen molar-refractivity contribution in [3.63, 3.8) is 0 Å². The molecule has 1 unspecified atom stereocenters. The molecule has 0 aliphatic heterocycles. The molecular formula is C16H15BrO2. The van der Waals surface area contributed by atoms with Gasteiger partial charge in [-0.1, -0.05) is 76.1 Å². The molecule has 0 heterocycles. The number of benzene rings is 2. The van der Waals surface area contributed by atoms with E-state index < -0.39 is 4.83 Å². The molecule has 0 bridgehead atoms. The van der Waals surface area contributed by atoms with E-state index in [0.717, 1.165) is 16.7 Å². The number of alkyl halides is 1. The van der Waals surface area contributed by atoms with Crippen molar-refractivity contribution in [3.05, 3.63) is 71.3 Å². The zero-order chi connectivity index (χ0) is 13.7. The lowest BCUT2D eigenvalue weighted by molar-refractivity contribution is -0.144. The molecule has 0 aliphatic rings. The van der Waals surface area contributed by atoms with Crippen LogP contribution in [-0.4, -0.2) is 5.97 Å². The summed E-state index contributed by atoms with van der Waals surface area (Å²) in [5.74, 6) is -0.269. The maximum Gasteiger partial charge on any atom is 0.324 e. The van der Waals surface area contributed by atoms with Crippen LogP contribution in [0, 0.1) is 6.92 Å². The SMILES string of the molecule is Cc1cccc(C(Br)C(=O)OCc2ccccc2)c1. The Morgan fingerprint density at radius 2 is 1.89 bits per heavy atom. The Kier molecular flexibility index (Phi) is 4.74. The van der Waals surface area contributed by atoms with Gasteiger partial charge in [-0.05, 0) is 18.1 Å². The van der Waals surface area contributed by atoms with Gasteiger partial charge in [-0.3, -0.25) is 4.79 Å². The van der Waals surface area contributed by atoms with Gasteiger partial charge >= 0.3 is 5.97 Å². The van der Waals surface area contributed by atoms with Gasteiger partial charge in [-0.2, -0.15) is 0 Å². The van der Waals surface area contributed by atoms with Crippen LogP contribution in [0.3, 0.4) is 0 Å². The molecule has 0 saturated carbocycles. The summed E-state index contributed by atoms with van der Waals surface area (Å²) in [5.41, 5.74) is 3.02. The average Bonchev–Trinajstić information content (AvgIpc) is 2.45. The molecule has 0 radical (unpaired) electrons. The van der Waals surface area contributed by atoms with Crippen LogP contribution in [0.4, 0.5) is 0 Å². The zero-order valence-electron chi connectivity index (χ0n) is 10.7. The highest BCUT2D eigenvalue weighted by Gasteiger charge is 2.18. The maximum absolute atomic E-state index is 12.0. The van der Waals surface area contributed by atoms with Gasteiger partial charge in [0.2, 0.25) is 0 Å². The third-order valence-electron chi connectivity index (χ3n) is 2.77. The van der Waals surface area contributed by atoms with E-state index in [1.54, 1.807) is 0 Å². The second-order valence-electron chi connectivity index (χ2n) is 4.37. The fraction of sp³-hybridized carbons (Fsp3) is 0.188. The zero-order valence-corrected chi connectivity index (χ0v) is 12.3. The second kappa shape index (κ2) is 6.53. The Labute approximate surface area is 121 Å². The van der Waals surface area contributed by atoms with Crippen LogP contribution in [-0.2, 0) is 16.1 Å². The molecule has 2 rings (SSSR count). The summed E-state index contributed by atoms with van der Waals surface area (Å²) >= 11 is 3.38. The molecule has 2 aromatic carbocycles. The Balaban J connectivity index is 1.96. The molecule has 0 fully saturated rings. The van der Waals surface area contributed by atoms with E-state index in [9.17, 15) is 4.79 Å². The van der Waals surface area contributed by atoms with Crippen molar-refractivity contribution in [2.45, 2.75) is 18.4 Å². The quantitative estimate of drug-likeness (QED) is 0.624. The minimum Gasteiger partial charge on any atom is -0.460 e. The van der Waals surface area contributed by atoms with Gasteiger partial charge in [0.25, 0.3) is 0 Å². The normalized spacial score (nSPS) is 11.9. The minimum absolute atomic E-state index is 0.269. The lowest BCUT2D eigenvalue weighted by Crippen LogP contribution is -2.11. The minimum atomic E-state index is -0.420. The Bertz CT molecular complexity index is 552. The summed E-state index contributed by atoms with van der Waals surface area (Å²) in [4.78, 5) is 11.5. The van der Waals surface area contributed by atoms with Crippen molar-refractivity contribution in [3.8, 4) is 0 Å². The van der Waals surface area contributed by atoms with E-state index in [4.69, 9.17) is 4.74 Å². The first-order valence-electron chi connectivity index (χ1n) is 6.08. The highest BCUT2D eigenvalue weighted by molar-refractivity contribution is 9.09. The van der Waals surface area contributed by atoms with Crippen LogP contribution in [0.25, 0.3) is 0 Å². The van der Waals surface area contributed by atoms with Gasteiger partial charge in [-0.15, -0.1) is 0 Å². The molecule has 0 N–H and O–H groups in total. The first-order chi connectivity index (χ1) is 9.16. The van der Waals surface area contributed by atoms with Crippen LogP contribution >= 0.6 is 15.9 Å². The number of hydrogen-bond donors (Lipinski definition) is 0. The second-order valence-corrected chi connectivity index (χ2v) is 5.29. The van der Waals surface area contributed by atoms with E-state index >= 15 is 0 Å². The van der Waals surface area contributed by atoms with Crippen molar-refractivity contribution in [1.29, 1.82) is 0 Å². The van der Waals surface area contributed by atoms with E-state index in [1.165, 1.54) is 0 Å². The third-order valence-corrected chi connectivity index (χ3v) is 3.67. The summed E-state index contributed by atoms with van der Waals surface area (Å²) in [7, 11) is 0. The van der Waals surface area contributed by atoms with Crippen molar-refractivity contribution in [2.75, 3.05) is 0 Å². The molecule has 0 amide bonds. The van der Waals surface area contributed by atoms with Crippen LogP contribution in [0.2, 0.25) is 0 Å². The molecular weight excluding hydrogens is 304 g/mol. The molecule has 1 atom stereocenters. The van der Waals surface area contributed by atoms with Gasteiger partial charge in [0.1, 0.15) is 11.4 Å². The summed E-state index contributed by atoms with van der Waals surface area (Å²) in [6.07, 6.45) is 0. The number of halogens is 1. The van der Waals surface area contributed by atoms with Crippen molar-refractivity contribution in [2.24, 2.45) is 0 Å². The number of aryl methyl sites for hydroxylation is 1. The van der Waals surface area contributed by atoms with Gasteiger partial charge in [0.15, 0.2) is 0 Å². The number of rotatable bonds is 4. The molecule has 0 aromatic heterocycles. The van der Waals surface area contributed by atoms with Crippen LogP contribution < -0.4 is 0 Å². The highest BCUT2D eigenvalue weighted by atomic mass is 79.9. The first-order valence-corrected chi connectivity index (χ1v) is 6.99. The number of esters is 1. The van der Waals surface area contributed by atoms with Gasteiger partial charge in [0, 0.05) is 0 Å². The van der Waals surface area contributed by atoms with E-state index in [-0.39, 0.29) is 5.97 Å².